The van der Waals surface area contributed by atoms with Gasteiger partial charge in [-0.25, -0.2) is 18.2 Å². The summed E-state index contributed by atoms with van der Waals surface area (Å²) >= 11 is 0. The van der Waals surface area contributed by atoms with Gasteiger partial charge in [-0.2, -0.15) is 13.2 Å². The van der Waals surface area contributed by atoms with Crippen LogP contribution in [0.3, 0.4) is 0 Å². The number of carboxylic acids is 1. The van der Waals surface area contributed by atoms with Gasteiger partial charge in [-0.3, -0.25) is 4.79 Å². The summed E-state index contributed by atoms with van der Waals surface area (Å²) in [4.78, 5) is 17.7. The van der Waals surface area contributed by atoms with Crippen molar-refractivity contribution in [2.24, 2.45) is 10.9 Å². The second-order valence-electron chi connectivity index (χ2n) is 9.30. The lowest BCUT2D eigenvalue weighted by molar-refractivity contribution is -0.142. The first-order chi connectivity index (χ1) is 19.0. The molecule has 1 N–H and O–H groups in total. The van der Waals surface area contributed by atoms with E-state index in [2.05, 4.69) is 4.99 Å². The Hall–Kier alpha value is -4.60. The molecule has 1 heterocycles. The van der Waals surface area contributed by atoms with Crippen molar-refractivity contribution < 1.29 is 36.2 Å². The first kappa shape index (κ1) is 27.0. The Morgan fingerprint density at radius 1 is 0.875 bits per heavy atom. The highest BCUT2D eigenvalue weighted by Gasteiger charge is 2.41. The van der Waals surface area contributed by atoms with E-state index in [-0.39, 0.29) is 28.3 Å². The van der Waals surface area contributed by atoms with E-state index in [1.165, 1.54) is 66.4 Å². The molecular formula is C30H20F6N2O2. The predicted molar refractivity (Wildman–Crippen MR) is 138 cm³/mol. The van der Waals surface area contributed by atoms with Crippen LogP contribution in [0.1, 0.15) is 29.7 Å². The number of aliphatic imine (C=N–C) groups is 1. The molecule has 0 radical (unpaired) electrons. The summed E-state index contributed by atoms with van der Waals surface area (Å²) < 4.78 is 85.1. The van der Waals surface area contributed by atoms with Crippen molar-refractivity contribution in [1.29, 1.82) is 0 Å². The summed E-state index contributed by atoms with van der Waals surface area (Å²) in [6.45, 7) is 1.33. The lowest BCUT2D eigenvalue weighted by atomic mass is 9.88. The highest BCUT2D eigenvalue weighted by molar-refractivity contribution is 6.13. The fourth-order valence-corrected chi connectivity index (χ4v) is 4.77. The van der Waals surface area contributed by atoms with E-state index in [0.29, 0.717) is 11.1 Å². The highest BCUT2D eigenvalue weighted by Crippen LogP contribution is 2.45. The number of carboxylic acid groups (broad SMARTS) is 1. The van der Waals surface area contributed by atoms with Gasteiger partial charge in [-0.1, -0.05) is 36.4 Å². The van der Waals surface area contributed by atoms with Gasteiger partial charge in [0.15, 0.2) is 0 Å². The zero-order valence-corrected chi connectivity index (χ0v) is 20.8. The summed E-state index contributed by atoms with van der Waals surface area (Å²) in [6, 6.07) is 16.1. The van der Waals surface area contributed by atoms with Crippen molar-refractivity contribution in [3.8, 4) is 11.1 Å². The van der Waals surface area contributed by atoms with E-state index >= 15 is 8.78 Å². The summed E-state index contributed by atoms with van der Waals surface area (Å²) in [7, 11) is 0. The molecule has 4 aromatic rings. The number of rotatable bonds is 5. The van der Waals surface area contributed by atoms with Gasteiger partial charge in [0.1, 0.15) is 29.0 Å². The Morgan fingerprint density at radius 3 is 2.20 bits per heavy atom. The van der Waals surface area contributed by atoms with Crippen LogP contribution in [0.2, 0.25) is 0 Å². The van der Waals surface area contributed by atoms with Gasteiger partial charge in [-0.15, -0.1) is 0 Å². The largest absolute Gasteiger partial charge is 0.481 e. The van der Waals surface area contributed by atoms with Gasteiger partial charge >= 0.3 is 12.1 Å². The molecule has 0 aliphatic carbocycles. The van der Waals surface area contributed by atoms with E-state index in [1.54, 1.807) is 0 Å². The topological polar surface area (TPSA) is 52.9 Å². The zero-order chi connectivity index (χ0) is 28.8. The minimum Gasteiger partial charge on any atom is -0.481 e. The minimum absolute atomic E-state index is 0.108. The summed E-state index contributed by atoms with van der Waals surface area (Å²) in [5.41, 5.74) is -0.543. The van der Waals surface area contributed by atoms with Crippen molar-refractivity contribution in [2.75, 3.05) is 4.90 Å². The molecule has 0 saturated carbocycles. The molecule has 4 aromatic carbocycles. The third-order valence-corrected chi connectivity index (χ3v) is 6.76. The third kappa shape index (κ3) is 4.92. The lowest BCUT2D eigenvalue weighted by Crippen LogP contribution is -2.43. The molecule has 5 rings (SSSR count). The van der Waals surface area contributed by atoms with Gasteiger partial charge in [0, 0.05) is 11.3 Å². The minimum atomic E-state index is -4.72. The van der Waals surface area contributed by atoms with Gasteiger partial charge in [-0.05, 0) is 66.6 Å². The molecule has 204 valence electrons. The molecule has 0 bridgehead atoms. The number of hydrogen-bond acceptors (Lipinski definition) is 3. The van der Waals surface area contributed by atoms with Gasteiger partial charge in [0.05, 0.1) is 23.1 Å². The number of nitrogens with zero attached hydrogens (tertiary/aromatic N) is 2. The SMILES string of the molecule is CC(C(=O)O)C1c2cccc(F)c2N=C(c2ccc(-c3ccc(F)cc3)cc2F)N1c1cccc(C(F)(F)F)c1. The molecule has 0 saturated heterocycles. The van der Waals surface area contributed by atoms with E-state index in [0.717, 1.165) is 30.3 Å². The molecule has 0 amide bonds. The number of benzene rings is 4. The monoisotopic (exact) mass is 554 g/mol. The molecule has 4 nitrogen and oxygen atoms in total. The molecule has 0 aromatic heterocycles. The Labute approximate surface area is 224 Å². The quantitative estimate of drug-likeness (QED) is 0.253. The number of amidine groups is 1. The van der Waals surface area contributed by atoms with E-state index in [9.17, 15) is 27.5 Å². The fourth-order valence-electron chi connectivity index (χ4n) is 4.77. The van der Waals surface area contributed by atoms with Crippen LogP contribution < -0.4 is 4.90 Å². The van der Waals surface area contributed by atoms with Crippen molar-refractivity contribution in [3.63, 3.8) is 0 Å². The van der Waals surface area contributed by atoms with E-state index in [4.69, 9.17) is 0 Å². The average molecular weight is 554 g/mol. The number of anilines is 1. The summed E-state index contributed by atoms with van der Waals surface area (Å²) in [5, 5.41) is 9.93. The molecule has 2 unspecified atom stereocenters. The highest BCUT2D eigenvalue weighted by atomic mass is 19.4. The number of hydrogen-bond donors (Lipinski definition) is 1. The second-order valence-corrected chi connectivity index (χ2v) is 9.30. The van der Waals surface area contributed by atoms with Crippen molar-refractivity contribution in [1.82, 2.24) is 0 Å². The van der Waals surface area contributed by atoms with Crippen LogP contribution in [-0.4, -0.2) is 16.9 Å². The van der Waals surface area contributed by atoms with Crippen LogP contribution in [0.15, 0.2) is 89.9 Å². The summed E-state index contributed by atoms with van der Waals surface area (Å²) in [5.74, 6) is -4.97. The number of fused-ring (bicyclic) bond motifs is 1. The smallest absolute Gasteiger partial charge is 0.416 e. The number of aliphatic carboxylic acids is 1. The molecule has 1 aliphatic heterocycles. The standard InChI is InChI=1S/C30H20F6N2O2/c1-16(29(39)40)27-23-6-3-7-24(32)26(23)37-28(38(27)21-5-2-4-19(15-21)30(34,35)36)22-13-10-18(14-25(22)33)17-8-11-20(31)12-9-17/h2-16,27H,1H3,(H,39,40). The van der Waals surface area contributed by atoms with Gasteiger partial charge < -0.3 is 10.0 Å². The van der Waals surface area contributed by atoms with Crippen LogP contribution in [0.25, 0.3) is 11.1 Å². The average Bonchev–Trinajstić information content (AvgIpc) is 2.92. The molecule has 2 atom stereocenters. The van der Waals surface area contributed by atoms with Crippen LogP contribution in [0.5, 0.6) is 0 Å². The Kier molecular flexibility index (Phi) is 6.87. The fraction of sp³-hybridized carbons (Fsp3) is 0.133. The molecule has 1 aliphatic rings. The van der Waals surface area contributed by atoms with Crippen molar-refractivity contribution in [3.05, 3.63) is 119 Å². The van der Waals surface area contributed by atoms with E-state index in [1.807, 2.05) is 0 Å². The Morgan fingerprint density at radius 2 is 1.55 bits per heavy atom. The Balaban J connectivity index is 1.75. The normalized spacial score (nSPS) is 15.8. The van der Waals surface area contributed by atoms with Gasteiger partial charge in [0.25, 0.3) is 0 Å². The molecule has 0 spiro atoms. The van der Waals surface area contributed by atoms with Gasteiger partial charge in [0.2, 0.25) is 0 Å². The number of alkyl halides is 3. The van der Waals surface area contributed by atoms with Crippen LogP contribution in [-0.2, 0) is 11.0 Å². The number of halogens is 6. The van der Waals surface area contributed by atoms with E-state index < -0.39 is 47.1 Å². The van der Waals surface area contributed by atoms with Crippen LogP contribution >= 0.6 is 0 Å². The molecule has 0 fully saturated rings. The van der Waals surface area contributed by atoms with Crippen molar-refractivity contribution in [2.45, 2.75) is 19.1 Å². The maximum absolute atomic E-state index is 15.7. The third-order valence-electron chi connectivity index (χ3n) is 6.76. The zero-order valence-electron chi connectivity index (χ0n) is 20.8. The number of carbonyl (C=O) groups is 1. The second kappa shape index (κ2) is 10.2. The van der Waals surface area contributed by atoms with Crippen molar-refractivity contribution >= 4 is 23.2 Å². The molecule has 40 heavy (non-hydrogen) atoms. The predicted octanol–water partition coefficient (Wildman–Crippen LogP) is 8.15. The lowest BCUT2D eigenvalue weighted by Gasteiger charge is -2.40. The van der Waals surface area contributed by atoms with Crippen LogP contribution in [0.4, 0.5) is 37.7 Å². The maximum Gasteiger partial charge on any atom is 0.416 e. The Bertz CT molecular complexity index is 1630. The van der Waals surface area contributed by atoms with Crippen LogP contribution in [0, 0.1) is 23.4 Å². The molecule has 10 heteroatoms. The first-order valence-corrected chi connectivity index (χ1v) is 12.1. The number of para-hydroxylation sites is 1. The maximum atomic E-state index is 15.7. The molecular weight excluding hydrogens is 534 g/mol. The first-order valence-electron chi connectivity index (χ1n) is 12.1. The summed E-state index contributed by atoms with van der Waals surface area (Å²) in [6.07, 6.45) is -4.72.